The Hall–Kier alpha value is -0.730. The number of quaternary nitrogens is 2. The summed E-state index contributed by atoms with van der Waals surface area (Å²) in [6.07, 6.45) is 3.63. The number of Topliss-reactive ketones (excluding diaryl/α,β-unsaturated/α-hetero) is 1. The molecule has 160 valence electrons. The summed E-state index contributed by atoms with van der Waals surface area (Å²) in [7, 11) is -2.79. The van der Waals surface area contributed by atoms with E-state index in [4.69, 9.17) is 0 Å². The number of halogens is 3. The van der Waals surface area contributed by atoms with Gasteiger partial charge < -0.3 is 34.6 Å². The van der Waals surface area contributed by atoms with E-state index in [9.17, 15) is 17.6 Å². The molecule has 0 radical (unpaired) electrons. The van der Waals surface area contributed by atoms with Crippen LogP contribution in [0.4, 0.5) is 4.39 Å². The highest BCUT2D eigenvalue weighted by atomic mass is 35.5. The van der Waals surface area contributed by atoms with Gasteiger partial charge in [0.25, 0.3) is 0 Å². The molecular formula is C19H29Cl2FN2O3S. The van der Waals surface area contributed by atoms with Crippen LogP contribution in [0.2, 0.25) is 0 Å². The van der Waals surface area contributed by atoms with Gasteiger partial charge in [0.2, 0.25) is 0 Å². The van der Waals surface area contributed by atoms with E-state index in [0.717, 1.165) is 52.0 Å². The number of carbonyl (C=O) groups excluding carboxylic acids is 1. The number of nitrogens with one attached hydrogen (secondary N) is 2. The van der Waals surface area contributed by atoms with Gasteiger partial charge in [-0.2, -0.15) is 0 Å². The molecule has 9 heteroatoms. The first-order chi connectivity index (χ1) is 12.4. The van der Waals surface area contributed by atoms with Crippen LogP contribution in [0.5, 0.6) is 0 Å². The standard InChI is InChI=1S/C19H27FN2O3S.2ClH/c20-17-5-3-16(4-6-17)19(23)2-1-9-21-10-7-18(8-11-21)22-12-14-26(24,25)15-13-22;;/h3-6,18H,1-2,7-15H2;2*1H. The second kappa shape index (κ2) is 11.5. The number of hydrogen-bond donors (Lipinski definition) is 2. The fraction of sp³-hybridized carbons (Fsp3) is 0.632. The molecule has 0 saturated carbocycles. The first-order valence-electron chi connectivity index (χ1n) is 9.60. The maximum absolute atomic E-state index is 12.9. The molecule has 0 spiro atoms. The largest absolute Gasteiger partial charge is 1.00 e. The third-order valence-corrected chi connectivity index (χ3v) is 7.49. The van der Waals surface area contributed by atoms with Crippen molar-refractivity contribution >= 4 is 15.6 Å². The van der Waals surface area contributed by atoms with E-state index in [1.54, 1.807) is 12.1 Å². The molecule has 28 heavy (non-hydrogen) atoms. The van der Waals surface area contributed by atoms with Crippen molar-refractivity contribution in [1.29, 1.82) is 0 Å². The molecule has 2 heterocycles. The Morgan fingerprint density at radius 2 is 1.57 bits per heavy atom. The Labute approximate surface area is 179 Å². The first kappa shape index (κ1) is 25.3. The number of piperidine rings is 1. The molecule has 0 bridgehead atoms. The monoisotopic (exact) mass is 454 g/mol. The minimum absolute atomic E-state index is 0. The van der Waals surface area contributed by atoms with E-state index in [1.165, 1.54) is 21.9 Å². The van der Waals surface area contributed by atoms with Gasteiger partial charge in [-0.1, -0.05) is 0 Å². The fourth-order valence-electron chi connectivity index (χ4n) is 4.17. The topological polar surface area (TPSA) is 60.1 Å². The summed E-state index contributed by atoms with van der Waals surface area (Å²) in [5.74, 6) is 0.433. The summed E-state index contributed by atoms with van der Waals surface area (Å²) in [5.41, 5.74) is 0.587. The molecule has 0 unspecified atom stereocenters. The van der Waals surface area contributed by atoms with Crippen molar-refractivity contribution in [2.75, 3.05) is 44.2 Å². The van der Waals surface area contributed by atoms with E-state index in [0.29, 0.717) is 29.5 Å². The third kappa shape index (κ3) is 7.26. The molecule has 0 atom stereocenters. The lowest BCUT2D eigenvalue weighted by atomic mass is 10.0. The van der Waals surface area contributed by atoms with Gasteiger partial charge in [-0.25, -0.2) is 12.8 Å². The van der Waals surface area contributed by atoms with Crippen LogP contribution in [-0.2, 0) is 9.84 Å². The van der Waals surface area contributed by atoms with Crippen LogP contribution in [0, 0.1) is 5.82 Å². The minimum atomic E-state index is -2.79. The average Bonchev–Trinajstić information content (AvgIpc) is 2.63. The molecule has 2 N–H and O–H groups in total. The smallest absolute Gasteiger partial charge is 0.163 e. The van der Waals surface area contributed by atoms with E-state index >= 15 is 0 Å². The summed E-state index contributed by atoms with van der Waals surface area (Å²) in [6.45, 7) is 4.71. The Morgan fingerprint density at radius 1 is 1.00 bits per heavy atom. The predicted octanol–water partition coefficient (Wildman–Crippen LogP) is -6.84. The Bertz CT molecular complexity index is 709. The number of rotatable bonds is 6. The predicted molar refractivity (Wildman–Crippen MR) is 97.9 cm³/mol. The minimum Gasteiger partial charge on any atom is -1.00 e. The van der Waals surface area contributed by atoms with Crippen molar-refractivity contribution in [2.24, 2.45) is 0 Å². The first-order valence-corrected chi connectivity index (χ1v) is 11.4. The molecule has 2 fully saturated rings. The van der Waals surface area contributed by atoms with Crippen molar-refractivity contribution < 1.29 is 52.2 Å². The van der Waals surface area contributed by atoms with Gasteiger partial charge in [0, 0.05) is 31.2 Å². The number of carbonyl (C=O) groups is 1. The molecule has 3 rings (SSSR count). The van der Waals surface area contributed by atoms with Crippen LogP contribution < -0.4 is 34.6 Å². The zero-order chi connectivity index (χ0) is 18.6. The van der Waals surface area contributed by atoms with Crippen LogP contribution in [0.3, 0.4) is 0 Å². The van der Waals surface area contributed by atoms with Gasteiger partial charge in [-0.05, 0) is 24.3 Å². The van der Waals surface area contributed by atoms with Crippen molar-refractivity contribution in [3.05, 3.63) is 35.6 Å². The van der Waals surface area contributed by atoms with Crippen LogP contribution in [0.1, 0.15) is 36.0 Å². The second-order valence-corrected chi connectivity index (χ2v) is 9.92. The average molecular weight is 455 g/mol. The van der Waals surface area contributed by atoms with Crippen molar-refractivity contribution in [3.8, 4) is 0 Å². The molecule has 2 saturated heterocycles. The zero-order valence-electron chi connectivity index (χ0n) is 15.9. The van der Waals surface area contributed by atoms with Crippen LogP contribution in [0.15, 0.2) is 24.3 Å². The summed E-state index contributed by atoms with van der Waals surface area (Å²) < 4.78 is 36.0. The second-order valence-electron chi connectivity index (χ2n) is 7.62. The molecule has 1 aromatic carbocycles. The molecule has 5 nitrogen and oxygen atoms in total. The highest BCUT2D eigenvalue weighted by Gasteiger charge is 2.34. The molecule has 2 aliphatic rings. The maximum Gasteiger partial charge on any atom is 0.163 e. The van der Waals surface area contributed by atoms with E-state index in [-0.39, 0.29) is 36.4 Å². The van der Waals surface area contributed by atoms with Gasteiger partial charge in [-0.15, -0.1) is 0 Å². The number of benzene rings is 1. The van der Waals surface area contributed by atoms with E-state index < -0.39 is 9.84 Å². The third-order valence-electron chi connectivity index (χ3n) is 5.84. The number of likely N-dealkylation sites (tertiary alicyclic amines) is 1. The number of hydrogen-bond acceptors (Lipinski definition) is 3. The lowest BCUT2D eigenvalue weighted by molar-refractivity contribution is -0.956. The Balaban J connectivity index is 0.00000196. The Morgan fingerprint density at radius 3 is 2.14 bits per heavy atom. The van der Waals surface area contributed by atoms with Crippen LogP contribution >= 0.6 is 0 Å². The Kier molecular flexibility index (Phi) is 10.4. The van der Waals surface area contributed by atoms with Crippen molar-refractivity contribution in [2.45, 2.75) is 31.7 Å². The van der Waals surface area contributed by atoms with Crippen LogP contribution in [-0.4, -0.2) is 64.5 Å². The van der Waals surface area contributed by atoms with Gasteiger partial charge in [0.15, 0.2) is 15.6 Å². The fourth-order valence-corrected chi connectivity index (χ4v) is 5.52. The lowest BCUT2D eigenvalue weighted by Gasteiger charge is -2.35. The van der Waals surface area contributed by atoms with Crippen molar-refractivity contribution in [3.63, 3.8) is 0 Å². The van der Waals surface area contributed by atoms with E-state index in [1.807, 2.05) is 0 Å². The highest BCUT2D eigenvalue weighted by Crippen LogP contribution is 2.07. The van der Waals surface area contributed by atoms with Gasteiger partial charge in [0.05, 0.1) is 50.3 Å². The molecular weight excluding hydrogens is 426 g/mol. The molecule has 0 amide bonds. The molecule has 0 aliphatic carbocycles. The van der Waals surface area contributed by atoms with Crippen LogP contribution in [0.25, 0.3) is 0 Å². The molecule has 1 aromatic rings. The maximum atomic E-state index is 12.9. The summed E-state index contributed by atoms with van der Waals surface area (Å²) in [5, 5.41) is 0. The highest BCUT2D eigenvalue weighted by molar-refractivity contribution is 7.91. The summed E-state index contributed by atoms with van der Waals surface area (Å²) in [6, 6.07) is 6.36. The normalized spacial score (nSPS) is 24.6. The van der Waals surface area contributed by atoms with Crippen molar-refractivity contribution in [1.82, 2.24) is 0 Å². The lowest BCUT2D eigenvalue weighted by Crippen LogP contribution is -3.21. The quantitative estimate of drug-likeness (QED) is 0.420. The van der Waals surface area contributed by atoms with Gasteiger partial charge >= 0.3 is 0 Å². The molecule has 0 aromatic heterocycles. The van der Waals surface area contributed by atoms with Gasteiger partial charge in [0.1, 0.15) is 5.82 Å². The van der Waals surface area contributed by atoms with E-state index in [2.05, 4.69) is 0 Å². The number of ketones is 1. The molecule has 2 aliphatic heterocycles. The summed E-state index contributed by atoms with van der Waals surface area (Å²) >= 11 is 0. The summed E-state index contributed by atoms with van der Waals surface area (Å²) in [4.78, 5) is 15.1. The SMILES string of the molecule is O=C(CCC[NH+]1CCC([NH+]2CCS(=O)(=O)CC2)CC1)c1ccc(F)cc1.[Cl-].[Cl-]. The number of sulfone groups is 1. The zero-order valence-corrected chi connectivity index (χ0v) is 18.3. The van der Waals surface area contributed by atoms with Gasteiger partial charge in [-0.3, -0.25) is 4.79 Å².